The molecule has 0 bridgehead atoms. The van der Waals surface area contributed by atoms with Crippen LogP contribution in [0.3, 0.4) is 0 Å². The van der Waals surface area contributed by atoms with Crippen LogP contribution in [-0.2, 0) is 4.74 Å². The molecule has 0 aliphatic rings. The van der Waals surface area contributed by atoms with E-state index >= 15 is 0 Å². The summed E-state index contributed by atoms with van der Waals surface area (Å²) in [5.41, 5.74) is 0.663. The molecule has 0 saturated carbocycles. The van der Waals surface area contributed by atoms with Gasteiger partial charge in [0.05, 0.1) is 5.56 Å². The molecule has 3 nitrogen and oxygen atoms in total. The average molecular weight is 388 g/mol. The van der Waals surface area contributed by atoms with Gasteiger partial charge in [-0.25, -0.2) is 4.79 Å². The Bertz CT molecular complexity index is 681. The Balaban J connectivity index is 2.02. The van der Waals surface area contributed by atoms with Crippen LogP contribution in [-0.4, -0.2) is 18.4 Å². The van der Waals surface area contributed by atoms with E-state index in [1.54, 1.807) is 24.3 Å². The highest BCUT2D eigenvalue weighted by Crippen LogP contribution is 2.19. The van der Waals surface area contributed by atoms with Gasteiger partial charge in [-0.3, -0.25) is 4.79 Å². The van der Waals surface area contributed by atoms with E-state index in [0.717, 1.165) is 4.47 Å². The van der Waals surface area contributed by atoms with Crippen LogP contribution in [0.4, 0.5) is 0 Å². The number of carbonyl (C=O) groups is 2. The first-order chi connectivity index (χ1) is 9.95. The standard InChI is InChI=1S/C15H9BrCl2O3/c16-11-3-1-2-9(4-11)14(19)8-21-15(20)10-5-12(17)7-13(18)6-10/h1-7H,8H2. The minimum Gasteiger partial charge on any atom is -0.454 e. The van der Waals surface area contributed by atoms with Gasteiger partial charge in [-0.2, -0.15) is 0 Å². The van der Waals surface area contributed by atoms with Crippen LogP contribution in [0.25, 0.3) is 0 Å². The van der Waals surface area contributed by atoms with Gasteiger partial charge >= 0.3 is 5.97 Å². The van der Waals surface area contributed by atoms with Crippen molar-refractivity contribution in [3.8, 4) is 0 Å². The molecule has 0 spiro atoms. The molecule has 108 valence electrons. The Kier molecular flexibility index (Phi) is 5.39. The van der Waals surface area contributed by atoms with Crippen LogP contribution in [0.5, 0.6) is 0 Å². The summed E-state index contributed by atoms with van der Waals surface area (Å²) in [6, 6.07) is 11.2. The fraction of sp³-hybridized carbons (Fsp3) is 0.0667. The molecular weight excluding hydrogens is 379 g/mol. The lowest BCUT2D eigenvalue weighted by molar-refractivity contribution is 0.0475. The molecule has 2 aromatic carbocycles. The Hall–Kier alpha value is -1.36. The van der Waals surface area contributed by atoms with Gasteiger partial charge in [0.2, 0.25) is 0 Å². The van der Waals surface area contributed by atoms with Gasteiger partial charge in [0.15, 0.2) is 12.4 Å². The molecule has 21 heavy (non-hydrogen) atoms. The number of ether oxygens (including phenoxy) is 1. The molecule has 0 aliphatic heterocycles. The molecule has 0 radical (unpaired) electrons. The fourth-order valence-corrected chi connectivity index (χ4v) is 2.56. The molecule has 6 heteroatoms. The summed E-state index contributed by atoms with van der Waals surface area (Å²) in [7, 11) is 0. The van der Waals surface area contributed by atoms with Crippen molar-refractivity contribution in [2.24, 2.45) is 0 Å². The quantitative estimate of drug-likeness (QED) is 0.559. The SMILES string of the molecule is O=C(COC(=O)c1cc(Cl)cc(Cl)c1)c1cccc(Br)c1. The summed E-state index contributed by atoms with van der Waals surface area (Å²) in [4.78, 5) is 23.8. The van der Waals surface area contributed by atoms with Crippen molar-refractivity contribution < 1.29 is 14.3 Å². The summed E-state index contributed by atoms with van der Waals surface area (Å²) < 4.78 is 5.75. The zero-order chi connectivity index (χ0) is 15.4. The van der Waals surface area contributed by atoms with E-state index in [1.807, 2.05) is 0 Å². The maximum absolute atomic E-state index is 11.9. The van der Waals surface area contributed by atoms with Gasteiger partial charge in [0.25, 0.3) is 0 Å². The average Bonchev–Trinajstić information content (AvgIpc) is 2.43. The minimum absolute atomic E-state index is 0.203. The molecular formula is C15H9BrCl2O3. The number of Topliss-reactive ketones (excluding diaryl/α,β-unsaturated/α-hetero) is 1. The Labute approximate surface area is 139 Å². The molecule has 0 heterocycles. The minimum atomic E-state index is -0.650. The number of hydrogen-bond donors (Lipinski definition) is 0. The zero-order valence-corrected chi connectivity index (χ0v) is 13.7. The van der Waals surface area contributed by atoms with E-state index in [2.05, 4.69) is 15.9 Å². The first-order valence-electron chi connectivity index (χ1n) is 5.87. The van der Waals surface area contributed by atoms with Crippen LogP contribution in [0, 0.1) is 0 Å². The number of esters is 1. The molecule has 0 saturated heterocycles. The normalized spacial score (nSPS) is 10.2. The number of carbonyl (C=O) groups excluding carboxylic acids is 2. The third-order valence-corrected chi connectivity index (χ3v) is 3.51. The molecule has 0 amide bonds. The Morgan fingerprint density at radius 2 is 1.67 bits per heavy atom. The number of rotatable bonds is 4. The second kappa shape index (κ2) is 7.07. The smallest absolute Gasteiger partial charge is 0.338 e. The van der Waals surface area contributed by atoms with Gasteiger partial charge in [-0.05, 0) is 30.3 Å². The number of hydrogen-bond acceptors (Lipinski definition) is 3. The second-order valence-electron chi connectivity index (χ2n) is 4.17. The molecule has 0 aromatic heterocycles. The lowest BCUT2D eigenvalue weighted by Crippen LogP contribution is -2.14. The zero-order valence-electron chi connectivity index (χ0n) is 10.6. The second-order valence-corrected chi connectivity index (χ2v) is 5.96. The molecule has 0 unspecified atom stereocenters. The fourth-order valence-electron chi connectivity index (χ4n) is 1.63. The molecule has 0 N–H and O–H groups in total. The highest BCUT2D eigenvalue weighted by molar-refractivity contribution is 9.10. The van der Waals surface area contributed by atoms with Gasteiger partial charge in [-0.15, -0.1) is 0 Å². The number of halogens is 3. The summed E-state index contributed by atoms with van der Waals surface area (Å²) in [6.07, 6.45) is 0. The lowest BCUT2D eigenvalue weighted by atomic mass is 10.1. The first-order valence-corrected chi connectivity index (χ1v) is 7.42. The third-order valence-electron chi connectivity index (χ3n) is 2.58. The molecule has 0 atom stereocenters. The highest BCUT2D eigenvalue weighted by Gasteiger charge is 2.13. The van der Waals surface area contributed by atoms with E-state index in [1.165, 1.54) is 18.2 Å². The topological polar surface area (TPSA) is 43.4 Å². The molecule has 2 aromatic rings. The predicted octanol–water partition coefficient (Wildman–Crippen LogP) is 4.80. The predicted molar refractivity (Wildman–Crippen MR) is 85.2 cm³/mol. The Morgan fingerprint density at radius 1 is 1.00 bits per heavy atom. The maximum atomic E-state index is 11.9. The van der Waals surface area contributed by atoms with Crippen LogP contribution < -0.4 is 0 Å². The number of benzene rings is 2. The van der Waals surface area contributed by atoms with Crippen molar-refractivity contribution in [2.75, 3.05) is 6.61 Å². The van der Waals surface area contributed by atoms with Gasteiger partial charge in [0.1, 0.15) is 0 Å². The molecule has 0 fully saturated rings. The highest BCUT2D eigenvalue weighted by atomic mass is 79.9. The summed E-state index contributed by atoms with van der Waals surface area (Å²) >= 11 is 14.9. The summed E-state index contributed by atoms with van der Waals surface area (Å²) in [5, 5.41) is 0.653. The summed E-state index contributed by atoms with van der Waals surface area (Å²) in [6.45, 7) is -0.348. The molecule has 2 rings (SSSR count). The maximum Gasteiger partial charge on any atom is 0.338 e. The third kappa shape index (κ3) is 4.56. The van der Waals surface area contributed by atoms with E-state index in [9.17, 15) is 9.59 Å². The monoisotopic (exact) mass is 386 g/mol. The largest absolute Gasteiger partial charge is 0.454 e. The van der Waals surface area contributed by atoms with Crippen molar-refractivity contribution in [3.63, 3.8) is 0 Å². The van der Waals surface area contributed by atoms with E-state index in [0.29, 0.717) is 15.6 Å². The van der Waals surface area contributed by atoms with Gasteiger partial charge in [0, 0.05) is 20.1 Å². The van der Waals surface area contributed by atoms with Gasteiger partial charge in [-0.1, -0.05) is 51.3 Å². The van der Waals surface area contributed by atoms with Crippen molar-refractivity contribution in [2.45, 2.75) is 0 Å². The van der Waals surface area contributed by atoms with E-state index < -0.39 is 5.97 Å². The van der Waals surface area contributed by atoms with Crippen molar-refractivity contribution in [3.05, 3.63) is 68.1 Å². The van der Waals surface area contributed by atoms with Crippen LogP contribution >= 0.6 is 39.1 Å². The van der Waals surface area contributed by atoms with Crippen LogP contribution in [0.15, 0.2) is 46.9 Å². The molecule has 0 aliphatic carbocycles. The summed E-state index contributed by atoms with van der Waals surface area (Å²) in [5.74, 6) is -0.944. The van der Waals surface area contributed by atoms with Crippen molar-refractivity contribution in [1.82, 2.24) is 0 Å². The van der Waals surface area contributed by atoms with E-state index in [4.69, 9.17) is 27.9 Å². The van der Waals surface area contributed by atoms with E-state index in [-0.39, 0.29) is 18.0 Å². The first kappa shape index (κ1) is 16.0. The van der Waals surface area contributed by atoms with Crippen LogP contribution in [0.2, 0.25) is 10.0 Å². The lowest BCUT2D eigenvalue weighted by Gasteiger charge is -2.05. The van der Waals surface area contributed by atoms with Gasteiger partial charge < -0.3 is 4.74 Å². The number of ketones is 1. The van der Waals surface area contributed by atoms with Crippen molar-refractivity contribution in [1.29, 1.82) is 0 Å². The van der Waals surface area contributed by atoms with Crippen LogP contribution in [0.1, 0.15) is 20.7 Å². The van der Waals surface area contributed by atoms with Crippen molar-refractivity contribution >= 4 is 50.9 Å². The Morgan fingerprint density at radius 3 is 2.29 bits per heavy atom.